The molecule has 2 rings (SSSR count). The van der Waals surface area contributed by atoms with E-state index in [0.29, 0.717) is 61.6 Å². The van der Waals surface area contributed by atoms with Crippen LogP contribution in [0.25, 0.3) is 0 Å². The van der Waals surface area contributed by atoms with E-state index in [1.807, 2.05) is 0 Å². The molecule has 0 aliphatic heterocycles. The lowest BCUT2D eigenvalue weighted by Crippen LogP contribution is -2.58. The Kier molecular flexibility index (Phi) is 17.4. The van der Waals surface area contributed by atoms with Gasteiger partial charge in [-0.3, -0.25) is 34.2 Å². The van der Waals surface area contributed by atoms with Gasteiger partial charge in [0.05, 0.1) is 5.92 Å². The average Bonchev–Trinajstić information content (AvgIpc) is 3.10. The molecular formula is C36H47N5O8. The van der Waals surface area contributed by atoms with Crippen molar-refractivity contribution in [3.8, 4) is 12.3 Å². The maximum atomic E-state index is 13.8. The summed E-state index contributed by atoms with van der Waals surface area (Å²) >= 11 is 0. The number of rotatable bonds is 21. The molecule has 4 unspecified atom stereocenters. The number of benzene rings is 2. The van der Waals surface area contributed by atoms with Gasteiger partial charge >= 0.3 is 0 Å². The summed E-state index contributed by atoms with van der Waals surface area (Å²) in [6, 6.07) is 12.7. The average molecular weight is 678 g/mol. The highest BCUT2D eigenvalue weighted by molar-refractivity contribution is 6.09. The molecule has 13 nitrogen and oxygen atoms in total. The molecule has 0 aliphatic rings. The van der Waals surface area contributed by atoms with Gasteiger partial charge in [0.25, 0.3) is 11.8 Å². The summed E-state index contributed by atoms with van der Waals surface area (Å²) in [6.07, 6.45) is 6.29. The number of aliphatic hydroxyl groups excluding tert-OH is 1. The number of hydrogen-bond acceptors (Lipinski definition) is 9. The number of aldehydes is 1. The molecule has 0 saturated heterocycles. The number of ketones is 1. The first-order valence-electron chi connectivity index (χ1n) is 16.3. The van der Waals surface area contributed by atoms with E-state index in [9.17, 15) is 33.9 Å². The van der Waals surface area contributed by atoms with E-state index < -0.39 is 41.8 Å². The number of carbonyl (C=O) groups excluding carboxylic acids is 6. The van der Waals surface area contributed by atoms with E-state index in [2.05, 4.69) is 16.6 Å². The molecule has 264 valence electrons. The minimum Gasteiger partial charge on any atom is -0.382 e. The highest BCUT2D eigenvalue weighted by Crippen LogP contribution is 2.19. The number of amides is 4. The molecule has 2 aromatic rings. The maximum Gasteiger partial charge on any atom is 0.272 e. The van der Waals surface area contributed by atoms with Crippen LogP contribution in [0.15, 0.2) is 54.6 Å². The molecule has 7 N–H and O–H groups in total. The number of hydrazine groups is 1. The lowest BCUT2D eigenvalue weighted by Gasteiger charge is -2.30. The standard InChI is InChI=1S/C36H47N5O8/c1-4-5-7-15-31(43)38-20-11-10-14-28(23-42)41(37)36(48)30(39-34(46)29(21-24(2)3)33(45)35(47)40-49)22-25-16-18-27(19-17-25)32(44)26-12-8-6-9-13-26/h1,6,8-9,12-13,16-19,23-24,28-30,33,45,49H,5,7,10-11,14-15,20-22,37H2,2-3H3,(H,38,43)(H,39,46)(H,40,47). The van der Waals surface area contributed by atoms with Crippen molar-refractivity contribution in [2.24, 2.45) is 17.7 Å². The number of hydroxylamine groups is 1. The topological polar surface area (TPSA) is 208 Å². The second-order valence-corrected chi connectivity index (χ2v) is 12.2. The Morgan fingerprint density at radius 3 is 2.20 bits per heavy atom. The van der Waals surface area contributed by atoms with Crippen molar-refractivity contribution >= 4 is 35.7 Å². The van der Waals surface area contributed by atoms with Crippen LogP contribution in [0.3, 0.4) is 0 Å². The maximum absolute atomic E-state index is 13.8. The molecule has 0 aromatic heterocycles. The Morgan fingerprint density at radius 1 is 0.959 bits per heavy atom. The van der Waals surface area contributed by atoms with Crippen molar-refractivity contribution in [3.63, 3.8) is 0 Å². The summed E-state index contributed by atoms with van der Waals surface area (Å²) in [5.74, 6) is 4.00. The Morgan fingerprint density at radius 2 is 1.61 bits per heavy atom. The van der Waals surface area contributed by atoms with Crippen molar-refractivity contribution in [1.82, 2.24) is 21.1 Å². The second kappa shape index (κ2) is 21.1. The molecule has 4 amide bonds. The predicted molar refractivity (Wildman–Crippen MR) is 181 cm³/mol. The number of nitrogens with zero attached hydrogens (tertiary/aromatic N) is 1. The van der Waals surface area contributed by atoms with Crippen LogP contribution in [0.2, 0.25) is 0 Å². The van der Waals surface area contributed by atoms with E-state index >= 15 is 0 Å². The van der Waals surface area contributed by atoms with Gasteiger partial charge in [0.2, 0.25) is 11.8 Å². The van der Waals surface area contributed by atoms with Crippen molar-refractivity contribution in [1.29, 1.82) is 0 Å². The lowest BCUT2D eigenvalue weighted by molar-refractivity contribution is -0.148. The summed E-state index contributed by atoms with van der Waals surface area (Å²) in [7, 11) is 0. The van der Waals surface area contributed by atoms with Crippen LogP contribution >= 0.6 is 0 Å². The fourth-order valence-electron chi connectivity index (χ4n) is 5.16. The van der Waals surface area contributed by atoms with Crippen LogP contribution in [0.1, 0.15) is 80.3 Å². The summed E-state index contributed by atoms with van der Waals surface area (Å²) in [4.78, 5) is 76.1. The molecule has 2 aromatic carbocycles. The van der Waals surface area contributed by atoms with E-state index in [1.165, 1.54) is 5.48 Å². The molecule has 13 heteroatoms. The molecule has 0 radical (unpaired) electrons. The number of unbranched alkanes of at least 4 members (excludes halogenated alkanes) is 2. The lowest BCUT2D eigenvalue weighted by atomic mass is 9.90. The molecule has 0 saturated carbocycles. The van der Waals surface area contributed by atoms with Gasteiger partial charge in [-0.25, -0.2) is 11.3 Å². The highest BCUT2D eigenvalue weighted by Gasteiger charge is 2.36. The zero-order valence-electron chi connectivity index (χ0n) is 28.0. The van der Waals surface area contributed by atoms with E-state index in [0.717, 1.165) is 5.01 Å². The van der Waals surface area contributed by atoms with Crippen LogP contribution in [-0.2, 0) is 30.4 Å². The summed E-state index contributed by atoms with van der Waals surface area (Å²) in [5.41, 5.74) is 2.79. The van der Waals surface area contributed by atoms with Gasteiger partial charge in [-0.1, -0.05) is 68.4 Å². The fourth-order valence-corrected chi connectivity index (χ4v) is 5.16. The third kappa shape index (κ3) is 13.3. The van der Waals surface area contributed by atoms with Crippen LogP contribution in [0.4, 0.5) is 0 Å². The Hall–Kier alpha value is -4.90. The van der Waals surface area contributed by atoms with E-state index in [-0.39, 0.29) is 36.9 Å². The molecule has 0 heterocycles. The quantitative estimate of drug-likeness (QED) is 0.0166. The van der Waals surface area contributed by atoms with Gasteiger partial charge in [0.15, 0.2) is 5.78 Å². The van der Waals surface area contributed by atoms with E-state index in [1.54, 1.807) is 68.4 Å². The SMILES string of the molecule is C#CCCCC(=O)NCCCCC(C=O)N(N)C(=O)C(Cc1ccc(C(=O)c2ccccc2)cc1)NC(=O)C(CC(C)C)C(O)C(=O)NO. The molecule has 0 bridgehead atoms. The van der Waals surface area contributed by atoms with Gasteiger partial charge in [0, 0.05) is 36.9 Å². The summed E-state index contributed by atoms with van der Waals surface area (Å²) < 4.78 is 0. The molecule has 49 heavy (non-hydrogen) atoms. The number of hydrogen-bond donors (Lipinski definition) is 6. The van der Waals surface area contributed by atoms with Gasteiger partial charge in [-0.2, -0.15) is 0 Å². The van der Waals surface area contributed by atoms with Gasteiger partial charge in [0.1, 0.15) is 24.5 Å². The van der Waals surface area contributed by atoms with Crippen molar-refractivity contribution in [3.05, 3.63) is 71.3 Å². The minimum atomic E-state index is -1.92. The number of carbonyl (C=O) groups is 6. The van der Waals surface area contributed by atoms with Gasteiger partial charge in [-0.15, -0.1) is 12.3 Å². The Balaban J connectivity index is 2.23. The third-order valence-corrected chi connectivity index (χ3v) is 7.87. The van der Waals surface area contributed by atoms with Crippen LogP contribution in [0.5, 0.6) is 0 Å². The van der Waals surface area contributed by atoms with Gasteiger partial charge < -0.3 is 20.5 Å². The summed E-state index contributed by atoms with van der Waals surface area (Å²) in [6.45, 7) is 3.90. The second-order valence-electron chi connectivity index (χ2n) is 12.2. The van der Waals surface area contributed by atoms with E-state index in [4.69, 9.17) is 17.5 Å². The molecule has 0 fully saturated rings. The number of nitrogens with one attached hydrogen (secondary N) is 3. The largest absolute Gasteiger partial charge is 0.382 e. The van der Waals surface area contributed by atoms with Gasteiger partial charge in [-0.05, 0) is 43.6 Å². The zero-order chi connectivity index (χ0) is 36.3. The number of terminal acetylenes is 1. The zero-order valence-corrected chi connectivity index (χ0v) is 28.0. The summed E-state index contributed by atoms with van der Waals surface area (Å²) in [5, 5.41) is 25.7. The molecular weight excluding hydrogens is 630 g/mol. The smallest absolute Gasteiger partial charge is 0.272 e. The van der Waals surface area contributed by atoms with Crippen molar-refractivity contribution < 1.29 is 39.1 Å². The van der Waals surface area contributed by atoms with Crippen LogP contribution in [0, 0.1) is 24.2 Å². The van der Waals surface area contributed by atoms with Crippen LogP contribution in [-0.4, -0.2) is 75.8 Å². The first-order chi connectivity index (χ1) is 23.4. The predicted octanol–water partition coefficient (Wildman–Crippen LogP) is 1.83. The monoisotopic (exact) mass is 677 g/mol. The normalized spacial score (nSPS) is 13.2. The first-order valence-corrected chi connectivity index (χ1v) is 16.3. The van der Waals surface area contributed by atoms with Crippen LogP contribution < -0.4 is 22.0 Å². The molecule has 0 spiro atoms. The number of nitrogens with two attached hydrogens (primary N) is 1. The highest BCUT2D eigenvalue weighted by atomic mass is 16.5. The van der Waals surface area contributed by atoms with Crippen molar-refractivity contribution in [2.45, 2.75) is 83.4 Å². The Bertz CT molecular complexity index is 1440. The molecule has 0 aliphatic carbocycles. The minimum absolute atomic E-state index is 0.0430. The Labute approximate surface area is 286 Å². The van der Waals surface area contributed by atoms with Crippen molar-refractivity contribution in [2.75, 3.05) is 6.54 Å². The molecule has 4 atom stereocenters. The number of aliphatic hydroxyl groups is 1. The fraction of sp³-hybridized carbons (Fsp3) is 0.444. The third-order valence-electron chi connectivity index (χ3n) is 7.87. The first kappa shape index (κ1) is 40.3.